The van der Waals surface area contributed by atoms with E-state index in [0.29, 0.717) is 0 Å². The summed E-state index contributed by atoms with van der Waals surface area (Å²) in [6.07, 6.45) is 10.1. The molecule has 0 aliphatic carbocycles. The normalized spacial score (nSPS) is 10.7. The molecular weight excluding hydrogens is 206 g/mol. The maximum absolute atomic E-state index is 6.11. The van der Waals surface area contributed by atoms with Crippen molar-refractivity contribution in [3.8, 4) is 0 Å². The van der Waals surface area contributed by atoms with Crippen LogP contribution < -0.4 is 5.73 Å². The van der Waals surface area contributed by atoms with Crippen LogP contribution in [-0.4, -0.2) is 0 Å². The van der Waals surface area contributed by atoms with Gasteiger partial charge in [0.1, 0.15) is 0 Å². The molecule has 1 aromatic carbocycles. The van der Waals surface area contributed by atoms with Crippen LogP contribution in [0.25, 0.3) is 0 Å². The van der Waals surface area contributed by atoms with Crippen molar-refractivity contribution in [2.75, 3.05) is 5.73 Å². The monoisotopic (exact) mass is 233 g/mol. The lowest BCUT2D eigenvalue weighted by atomic mass is 9.96. The topological polar surface area (TPSA) is 26.0 Å². The number of unbranched alkanes of at least 4 members (excludes halogenated alkanes) is 4. The van der Waals surface area contributed by atoms with Crippen molar-refractivity contribution in [1.82, 2.24) is 0 Å². The first-order valence-electron chi connectivity index (χ1n) is 7.15. The highest BCUT2D eigenvalue weighted by atomic mass is 14.6. The first kappa shape index (κ1) is 14.1. The van der Waals surface area contributed by atoms with E-state index in [-0.39, 0.29) is 0 Å². The molecule has 0 heterocycles. The Balaban J connectivity index is 2.63. The van der Waals surface area contributed by atoms with Crippen molar-refractivity contribution in [3.05, 3.63) is 29.3 Å². The van der Waals surface area contributed by atoms with Crippen molar-refractivity contribution in [1.29, 1.82) is 0 Å². The first-order valence-corrected chi connectivity index (χ1v) is 7.15. The zero-order valence-electron chi connectivity index (χ0n) is 11.5. The summed E-state index contributed by atoms with van der Waals surface area (Å²) >= 11 is 0. The Morgan fingerprint density at radius 1 is 0.882 bits per heavy atom. The molecule has 2 N–H and O–H groups in total. The molecule has 0 aromatic heterocycles. The van der Waals surface area contributed by atoms with Crippen LogP contribution in [0, 0.1) is 0 Å². The Morgan fingerprint density at radius 2 is 1.53 bits per heavy atom. The van der Waals surface area contributed by atoms with E-state index < -0.39 is 0 Å². The highest BCUT2D eigenvalue weighted by Gasteiger charge is 2.05. The molecule has 0 fully saturated rings. The van der Waals surface area contributed by atoms with E-state index in [9.17, 15) is 0 Å². The van der Waals surface area contributed by atoms with E-state index in [4.69, 9.17) is 5.73 Å². The van der Waals surface area contributed by atoms with Crippen molar-refractivity contribution in [2.24, 2.45) is 0 Å². The number of hydrogen-bond donors (Lipinski definition) is 1. The molecule has 96 valence electrons. The van der Waals surface area contributed by atoms with Crippen LogP contribution in [0.1, 0.15) is 63.5 Å². The summed E-state index contributed by atoms with van der Waals surface area (Å²) < 4.78 is 0. The number of rotatable bonds is 8. The van der Waals surface area contributed by atoms with E-state index in [1.54, 1.807) is 0 Å². The second-order valence-corrected chi connectivity index (χ2v) is 4.90. The van der Waals surface area contributed by atoms with Gasteiger partial charge in [-0.25, -0.2) is 0 Å². The van der Waals surface area contributed by atoms with Crippen molar-refractivity contribution in [3.63, 3.8) is 0 Å². The molecule has 1 nitrogen and oxygen atoms in total. The third-order valence-corrected chi connectivity index (χ3v) is 3.39. The largest absolute Gasteiger partial charge is 0.398 e. The summed E-state index contributed by atoms with van der Waals surface area (Å²) in [5.41, 5.74) is 10.00. The molecule has 0 unspecified atom stereocenters. The molecule has 0 atom stereocenters. The number of nitrogen functional groups attached to an aromatic ring is 1. The van der Waals surface area contributed by atoms with Crippen LogP contribution >= 0.6 is 0 Å². The predicted octanol–water partition coefficient (Wildman–Crippen LogP) is 4.73. The van der Waals surface area contributed by atoms with Gasteiger partial charge in [-0.2, -0.15) is 0 Å². The van der Waals surface area contributed by atoms with Crippen LogP contribution in [-0.2, 0) is 12.8 Å². The maximum Gasteiger partial charge on any atom is 0.0349 e. The van der Waals surface area contributed by atoms with Crippen LogP contribution in [0.3, 0.4) is 0 Å². The van der Waals surface area contributed by atoms with E-state index in [1.165, 1.54) is 56.1 Å². The molecule has 0 aliphatic rings. The third kappa shape index (κ3) is 4.80. The number of anilines is 1. The number of aryl methyl sites for hydroxylation is 1. The standard InChI is InChI=1S/C16H27N/c1-3-5-7-10-14-11-9-13-16(17)15(14)12-8-6-4-2/h9,11,13H,3-8,10,12,17H2,1-2H3. The third-order valence-electron chi connectivity index (χ3n) is 3.39. The smallest absolute Gasteiger partial charge is 0.0349 e. The van der Waals surface area contributed by atoms with Crippen LogP contribution in [0.15, 0.2) is 18.2 Å². The summed E-state index contributed by atoms with van der Waals surface area (Å²) in [4.78, 5) is 0. The zero-order chi connectivity index (χ0) is 12.5. The highest BCUT2D eigenvalue weighted by Crippen LogP contribution is 2.21. The molecule has 0 aliphatic heterocycles. The summed E-state index contributed by atoms with van der Waals surface area (Å²) in [5.74, 6) is 0. The van der Waals surface area contributed by atoms with Gasteiger partial charge in [0, 0.05) is 5.69 Å². The lowest BCUT2D eigenvalue weighted by Crippen LogP contribution is -2.00. The van der Waals surface area contributed by atoms with E-state index in [0.717, 1.165) is 12.1 Å². The Bertz CT molecular complexity index is 317. The maximum atomic E-state index is 6.11. The Kier molecular flexibility index (Phi) is 6.76. The van der Waals surface area contributed by atoms with Crippen molar-refractivity contribution < 1.29 is 0 Å². The zero-order valence-corrected chi connectivity index (χ0v) is 11.5. The number of benzene rings is 1. The molecule has 1 rings (SSSR count). The second kappa shape index (κ2) is 8.16. The lowest BCUT2D eigenvalue weighted by Gasteiger charge is -2.12. The van der Waals surface area contributed by atoms with Gasteiger partial charge in [0.25, 0.3) is 0 Å². The summed E-state index contributed by atoms with van der Waals surface area (Å²) in [5, 5.41) is 0. The fraction of sp³-hybridized carbons (Fsp3) is 0.625. The molecule has 0 amide bonds. The fourth-order valence-electron chi connectivity index (χ4n) is 2.31. The van der Waals surface area contributed by atoms with Gasteiger partial charge in [0.05, 0.1) is 0 Å². The minimum absolute atomic E-state index is 0.995. The van der Waals surface area contributed by atoms with Gasteiger partial charge < -0.3 is 5.73 Å². The molecule has 0 spiro atoms. The van der Waals surface area contributed by atoms with Gasteiger partial charge in [-0.3, -0.25) is 0 Å². The van der Waals surface area contributed by atoms with Gasteiger partial charge in [-0.1, -0.05) is 51.7 Å². The average Bonchev–Trinajstić information content (AvgIpc) is 2.33. The molecular formula is C16H27N. The highest BCUT2D eigenvalue weighted by molar-refractivity contribution is 5.51. The van der Waals surface area contributed by atoms with Gasteiger partial charge >= 0.3 is 0 Å². The van der Waals surface area contributed by atoms with E-state index >= 15 is 0 Å². The molecule has 1 aromatic rings. The van der Waals surface area contributed by atoms with Crippen LogP contribution in [0.2, 0.25) is 0 Å². The van der Waals surface area contributed by atoms with E-state index in [2.05, 4.69) is 26.0 Å². The number of hydrogen-bond acceptors (Lipinski definition) is 1. The van der Waals surface area contributed by atoms with Crippen molar-refractivity contribution in [2.45, 2.75) is 65.2 Å². The quantitative estimate of drug-likeness (QED) is 0.509. The van der Waals surface area contributed by atoms with Crippen LogP contribution in [0.5, 0.6) is 0 Å². The summed E-state index contributed by atoms with van der Waals surface area (Å²) in [6.45, 7) is 4.50. The lowest BCUT2D eigenvalue weighted by molar-refractivity contribution is 0.694. The Hall–Kier alpha value is -0.980. The van der Waals surface area contributed by atoms with Gasteiger partial charge in [-0.15, -0.1) is 0 Å². The number of nitrogens with two attached hydrogens (primary N) is 1. The molecule has 0 radical (unpaired) electrons. The molecule has 0 saturated heterocycles. The fourth-order valence-corrected chi connectivity index (χ4v) is 2.31. The Morgan fingerprint density at radius 3 is 2.18 bits per heavy atom. The first-order chi connectivity index (χ1) is 8.29. The molecule has 1 heteroatoms. The second-order valence-electron chi connectivity index (χ2n) is 4.90. The van der Waals surface area contributed by atoms with Crippen LogP contribution in [0.4, 0.5) is 5.69 Å². The Labute approximate surface area is 106 Å². The SMILES string of the molecule is CCCCCc1cccc(N)c1CCCCC. The summed E-state index contributed by atoms with van der Waals surface area (Å²) in [7, 11) is 0. The van der Waals surface area contributed by atoms with E-state index in [1.807, 2.05) is 6.07 Å². The minimum atomic E-state index is 0.995. The molecule has 17 heavy (non-hydrogen) atoms. The predicted molar refractivity (Wildman–Crippen MR) is 77.3 cm³/mol. The van der Waals surface area contributed by atoms with Gasteiger partial charge in [0.2, 0.25) is 0 Å². The summed E-state index contributed by atoms with van der Waals surface area (Å²) in [6, 6.07) is 6.40. The molecule has 0 saturated carbocycles. The average molecular weight is 233 g/mol. The van der Waals surface area contributed by atoms with Gasteiger partial charge in [-0.05, 0) is 42.9 Å². The molecule has 0 bridgehead atoms. The van der Waals surface area contributed by atoms with Crippen molar-refractivity contribution >= 4 is 5.69 Å². The minimum Gasteiger partial charge on any atom is -0.398 e. The van der Waals surface area contributed by atoms with Gasteiger partial charge in [0.15, 0.2) is 0 Å².